The van der Waals surface area contributed by atoms with Gasteiger partial charge >= 0.3 is 0 Å². The van der Waals surface area contributed by atoms with Gasteiger partial charge in [0.25, 0.3) is 5.56 Å². The van der Waals surface area contributed by atoms with E-state index in [2.05, 4.69) is 5.32 Å². The van der Waals surface area contributed by atoms with Gasteiger partial charge in [-0.15, -0.1) is 0 Å². The average molecular weight is 495 g/mol. The van der Waals surface area contributed by atoms with Crippen molar-refractivity contribution in [2.24, 2.45) is 17.8 Å². The zero-order chi connectivity index (χ0) is 25.6. The van der Waals surface area contributed by atoms with Crippen LogP contribution in [-0.2, 0) is 15.1 Å². The Hall–Kier alpha value is -4.17. The van der Waals surface area contributed by atoms with Crippen LogP contribution in [0.25, 0.3) is 16.6 Å². The van der Waals surface area contributed by atoms with Gasteiger partial charge in [0.1, 0.15) is 17.2 Å². The van der Waals surface area contributed by atoms with Crippen molar-refractivity contribution < 1.29 is 14.0 Å². The largest absolute Gasteiger partial charge is 0.296 e. The number of hydrogen-bond acceptors (Lipinski definition) is 5. The van der Waals surface area contributed by atoms with Crippen LogP contribution in [0.3, 0.4) is 0 Å². The number of nitrogens with one attached hydrogen (secondary N) is 1. The van der Waals surface area contributed by atoms with E-state index < -0.39 is 41.0 Å². The van der Waals surface area contributed by atoms with E-state index in [4.69, 9.17) is 4.98 Å². The van der Waals surface area contributed by atoms with Crippen molar-refractivity contribution in [1.82, 2.24) is 14.9 Å². The Labute approximate surface area is 211 Å². The molecule has 2 fully saturated rings. The maximum Gasteiger partial charge on any atom is 0.266 e. The Bertz CT molecular complexity index is 1710. The van der Waals surface area contributed by atoms with E-state index in [9.17, 15) is 18.8 Å². The number of carbonyl (C=O) groups is 2. The fraction of sp³-hybridized carbons (Fsp3) is 0.241. The van der Waals surface area contributed by atoms with Gasteiger partial charge in [-0.2, -0.15) is 0 Å². The van der Waals surface area contributed by atoms with Crippen LogP contribution in [0.4, 0.5) is 10.1 Å². The third kappa shape index (κ3) is 2.63. The molecule has 3 aromatic carbocycles. The molecule has 3 aliphatic rings. The van der Waals surface area contributed by atoms with Crippen LogP contribution in [0.5, 0.6) is 0 Å². The first-order valence-corrected chi connectivity index (χ1v) is 12.4. The second-order valence-electron chi connectivity index (χ2n) is 10.3. The molecule has 1 N–H and O–H groups in total. The number of carbonyl (C=O) groups excluding carboxylic acids is 2. The maximum absolute atomic E-state index is 14.9. The smallest absolute Gasteiger partial charge is 0.266 e. The highest BCUT2D eigenvalue weighted by Crippen LogP contribution is 2.56. The lowest BCUT2D eigenvalue weighted by Crippen LogP contribution is -2.51. The predicted octanol–water partition coefficient (Wildman–Crippen LogP) is 3.52. The standard InChI is InChI=1S/C29H23FN4O3/c1-15(2)24-22-23(27(37)33(26(22)36)21-14-8-5-11-18(21)30)29(32-24)17-10-4-7-13-20(17)34-25(35)16-9-3-6-12-19(16)31-28(29)34/h3-15,22-24,32H,1-2H3/t22-,23-,24-,29+/m1/s1. The molecule has 7 nitrogen and oxygen atoms in total. The van der Waals surface area contributed by atoms with Crippen molar-refractivity contribution in [2.45, 2.75) is 25.4 Å². The second kappa shape index (κ2) is 7.43. The van der Waals surface area contributed by atoms with Crippen LogP contribution in [0.2, 0.25) is 0 Å². The van der Waals surface area contributed by atoms with Crippen molar-refractivity contribution >= 4 is 28.4 Å². The van der Waals surface area contributed by atoms with Crippen molar-refractivity contribution in [1.29, 1.82) is 0 Å². The van der Waals surface area contributed by atoms with Gasteiger partial charge in [-0.25, -0.2) is 14.3 Å². The molecule has 0 saturated carbocycles. The minimum Gasteiger partial charge on any atom is -0.296 e. The molecule has 37 heavy (non-hydrogen) atoms. The Balaban J connectivity index is 1.55. The summed E-state index contributed by atoms with van der Waals surface area (Å²) in [5, 5.41) is 4.10. The summed E-state index contributed by atoms with van der Waals surface area (Å²) in [6.45, 7) is 3.97. The van der Waals surface area contributed by atoms with Gasteiger partial charge in [0.05, 0.1) is 34.1 Å². The van der Waals surface area contributed by atoms with Crippen LogP contribution in [0.1, 0.15) is 25.2 Å². The Morgan fingerprint density at radius 3 is 2.32 bits per heavy atom. The molecule has 4 heterocycles. The average Bonchev–Trinajstić information content (AvgIpc) is 3.49. The number of halogens is 1. The van der Waals surface area contributed by atoms with Crippen LogP contribution in [0.15, 0.2) is 77.6 Å². The van der Waals surface area contributed by atoms with Crippen LogP contribution in [-0.4, -0.2) is 27.4 Å². The first-order chi connectivity index (χ1) is 17.9. The summed E-state index contributed by atoms with van der Waals surface area (Å²) in [4.78, 5) is 47.9. The number of amides is 2. The Kier molecular flexibility index (Phi) is 4.43. The number of fused-ring (bicyclic) bond motifs is 8. The highest BCUT2D eigenvalue weighted by molar-refractivity contribution is 6.23. The van der Waals surface area contributed by atoms with E-state index in [-0.39, 0.29) is 17.2 Å². The zero-order valence-electron chi connectivity index (χ0n) is 20.2. The molecule has 0 unspecified atom stereocenters. The van der Waals surface area contributed by atoms with Gasteiger partial charge in [-0.05, 0) is 36.2 Å². The summed E-state index contributed by atoms with van der Waals surface area (Å²) in [6.07, 6.45) is 0. The van der Waals surface area contributed by atoms with Crippen molar-refractivity contribution in [3.05, 3.63) is 100 Å². The molecule has 0 bridgehead atoms. The van der Waals surface area contributed by atoms with E-state index >= 15 is 0 Å². The van der Waals surface area contributed by atoms with Gasteiger partial charge < -0.3 is 0 Å². The molecule has 4 atom stereocenters. The minimum atomic E-state index is -1.23. The number of rotatable bonds is 2. The van der Waals surface area contributed by atoms with Crippen molar-refractivity contribution in [2.75, 3.05) is 4.90 Å². The summed E-state index contributed by atoms with van der Waals surface area (Å²) in [5.41, 5.74) is 0.330. The van der Waals surface area contributed by atoms with Gasteiger partial charge in [-0.3, -0.25) is 24.3 Å². The van der Waals surface area contributed by atoms with Gasteiger partial charge in [-0.1, -0.05) is 56.3 Å². The van der Waals surface area contributed by atoms with E-state index in [0.29, 0.717) is 28.0 Å². The van der Waals surface area contributed by atoms with E-state index in [1.54, 1.807) is 28.8 Å². The molecule has 184 valence electrons. The van der Waals surface area contributed by atoms with E-state index in [0.717, 1.165) is 4.90 Å². The van der Waals surface area contributed by atoms with Crippen LogP contribution < -0.4 is 15.8 Å². The summed E-state index contributed by atoms with van der Waals surface area (Å²) in [5.74, 6) is -2.89. The second-order valence-corrected chi connectivity index (χ2v) is 10.3. The van der Waals surface area contributed by atoms with Gasteiger partial charge in [0.2, 0.25) is 11.8 Å². The molecule has 4 aromatic rings. The summed E-state index contributed by atoms with van der Waals surface area (Å²) >= 11 is 0. The maximum atomic E-state index is 14.9. The van der Waals surface area contributed by atoms with E-state index in [1.807, 2.05) is 44.2 Å². The lowest BCUT2D eigenvalue weighted by Gasteiger charge is -2.32. The highest BCUT2D eigenvalue weighted by atomic mass is 19.1. The summed E-state index contributed by atoms with van der Waals surface area (Å²) in [7, 11) is 0. The molecule has 2 amide bonds. The first kappa shape index (κ1) is 22.1. The normalized spacial score (nSPS) is 25.8. The topological polar surface area (TPSA) is 84.3 Å². The van der Waals surface area contributed by atoms with E-state index in [1.165, 1.54) is 18.2 Å². The monoisotopic (exact) mass is 494 g/mol. The number of aromatic nitrogens is 2. The molecule has 0 radical (unpaired) electrons. The zero-order valence-corrected chi connectivity index (χ0v) is 20.2. The molecule has 0 aliphatic carbocycles. The third-order valence-electron chi connectivity index (χ3n) is 8.11. The van der Waals surface area contributed by atoms with Crippen molar-refractivity contribution in [3.8, 4) is 5.69 Å². The number of hydrogen-bond donors (Lipinski definition) is 1. The SMILES string of the molecule is CC(C)[C@H]1N[C@@]2(c3ccccc3-n3c2nc2ccccc2c3=O)[C@H]2C(=O)N(c3ccccc3F)C(=O)[C@@H]12. The minimum absolute atomic E-state index is 0.0300. The number of anilines is 1. The summed E-state index contributed by atoms with van der Waals surface area (Å²) in [6, 6.07) is 19.9. The number of para-hydroxylation sites is 3. The lowest BCUT2D eigenvalue weighted by atomic mass is 9.75. The molecule has 1 spiro atoms. The molecule has 8 heteroatoms. The molecule has 3 aliphatic heterocycles. The highest BCUT2D eigenvalue weighted by Gasteiger charge is 2.70. The molecule has 2 saturated heterocycles. The quantitative estimate of drug-likeness (QED) is 0.431. The number of benzene rings is 3. The Morgan fingerprint density at radius 2 is 1.57 bits per heavy atom. The fourth-order valence-corrected chi connectivity index (χ4v) is 6.59. The van der Waals surface area contributed by atoms with Crippen molar-refractivity contribution in [3.63, 3.8) is 0 Å². The molecule has 1 aromatic heterocycles. The van der Waals surface area contributed by atoms with Crippen LogP contribution >= 0.6 is 0 Å². The van der Waals surface area contributed by atoms with Crippen LogP contribution in [0, 0.1) is 23.6 Å². The summed E-state index contributed by atoms with van der Waals surface area (Å²) < 4.78 is 16.4. The predicted molar refractivity (Wildman–Crippen MR) is 136 cm³/mol. The number of imide groups is 1. The molecular formula is C29H23FN4O3. The number of nitrogens with zero attached hydrogens (tertiary/aromatic N) is 3. The lowest BCUT2D eigenvalue weighted by molar-refractivity contribution is -0.123. The van der Waals surface area contributed by atoms with Gasteiger partial charge in [0.15, 0.2) is 0 Å². The first-order valence-electron chi connectivity index (χ1n) is 12.4. The fourth-order valence-electron chi connectivity index (χ4n) is 6.59. The van der Waals surface area contributed by atoms with Gasteiger partial charge in [0, 0.05) is 11.6 Å². The molecule has 7 rings (SSSR count). The molecular weight excluding hydrogens is 471 g/mol. The third-order valence-corrected chi connectivity index (χ3v) is 8.11. The Morgan fingerprint density at radius 1 is 0.892 bits per heavy atom.